The zero-order valence-corrected chi connectivity index (χ0v) is 17.7. The molecule has 152 valence electrons. The zero-order chi connectivity index (χ0) is 20.5. The molecular weight excluding hydrogens is 435 g/mol. The maximum Gasteiger partial charge on any atom is 0.326 e. The van der Waals surface area contributed by atoms with Gasteiger partial charge < -0.3 is 10.3 Å². The van der Waals surface area contributed by atoms with Crippen LogP contribution in [0.25, 0.3) is 11.0 Å². The van der Waals surface area contributed by atoms with E-state index in [2.05, 4.69) is 15.2 Å². The second kappa shape index (κ2) is 8.40. The van der Waals surface area contributed by atoms with E-state index in [4.69, 9.17) is 34.8 Å². The number of rotatable bonds is 4. The van der Waals surface area contributed by atoms with Crippen LogP contribution in [0.15, 0.2) is 41.2 Å². The Kier molecular flexibility index (Phi) is 5.88. The Hall–Kier alpha value is -1.99. The van der Waals surface area contributed by atoms with E-state index in [1.807, 2.05) is 28.8 Å². The van der Waals surface area contributed by atoms with Crippen molar-refractivity contribution in [2.24, 2.45) is 0 Å². The Morgan fingerprint density at radius 2 is 1.76 bits per heavy atom. The maximum atomic E-state index is 12.4. The number of halogens is 3. The van der Waals surface area contributed by atoms with Crippen LogP contribution < -0.4 is 11.0 Å². The Balaban J connectivity index is 1.37. The Morgan fingerprint density at radius 1 is 1.07 bits per heavy atom. The molecular formula is C20H19Cl3N4O2. The van der Waals surface area contributed by atoms with Crippen LogP contribution in [0.3, 0.4) is 0 Å². The van der Waals surface area contributed by atoms with Crippen LogP contribution in [0.5, 0.6) is 0 Å². The molecule has 9 heteroatoms. The molecule has 0 unspecified atom stereocenters. The quantitative estimate of drug-likeness (QED) is 0.569. The Labute approximate surface area is 182 Å². The standard InChI is InChI=1S/C20H19Cl3N4O2/c21-13-9-15(23)17(10-14(13)22)24-19(28)11-26-7-5-12(6-8-26)27-18-4-2-1-3-16(18)25-20(27)29/h1-4,9-10,12H,5-8,11H2,(H,24,28)(H,25,29). The number of likely N-dealkylation sites (tertiary alicyclic amines) is 1. The number of hydrogen-bond donors (Lipinski definition) is 2. The van der Waals surface area contributed by atoms with Crippen LogP contribution >= 0.6 is 34.8 Å². The SMILES string of the molecule is O=C(CN1CCC(n2c(=O)[nH]c3ccccc32)CC1)Nc1cc(Cl)c(Cl)cc1Cl. The molecule has 0 radical (unpaired) electrons. The molecule has 0 aliphatic carbocycles. The van der Waals surface area contributed by atoms with Crippen molar-refractivity contribution in [3.8, 4) is 0 Å². The van der Waals surface area contributed by atoms with Gasteiger partial charge in [-0.05, 0) is 37.1 Å². The minimum absolute atomic E-state index is 0.0864. The summed E-state index contributed by atoms with van der Waals surface area (Å²) in [7, 11) is 0. The molecule has 6 nitrogen and oxygen atoms in total. The number of carbonyl (C=O) groups excluding carboxylic acids is 1. The lowest BCUT2D eigenvalue weighted by molar-refractivity contribution is -0.117. The molecule has 1 saturated heterocycles. The topological polar surface area (TPSA) is 70.1 Å². The summed E-state index contributed by atoms with van der Waals surface area (Å²) in [5.74, 6) is -0.173. The number of benzene rings is 2. The molecule has 3 aromatic rings. The maximum absolute atomic E-state index is 12.4. The first-order valence-corrected chi connectivity index (χ1v) is 10.4. The summed E-state index contributed by atoms with van der Waals surface area (Å²) in [6, 6.07) is 10.9. The van der Waals surface area contributed by atoms with Crippen LogP contribution in [0, 0.1) is 0 Å². The number of aromatic nitrogens is 2. The number of nitrogens with one attached hydrogen (secondary N) is 2. The number of anilines is 1. The number of amides is 1. The Morgan fingerprint density at radius 3 is 2.52 bits per heavy atom. The predicted octanol–water partition coefficient (Wildman–Crippen LogP) is 4.57. The van der Waals surface area contributed by atoms with Gasteiger partial charge in [-0.15, -0.1) is 0 Å². The first-order chi connectivity index (χ1) is 13.9. The highest BCUT2D eigenvalue weighted by atomic mass is 35.5. The summed E-state index contributed by atoms with van der Waals surface area (Å²) in [5, 5.41) is 3.79. The molecule has 29 heavy (non-hydrogen) atoms. The number of carbonyl (C=O) groups is 1. The average Bonchev–Trinajstić information content (AvgIpc) is 3.02. The summed E-state index contributed by atoms with van der Waals surface area (Å²) in [4.78, 5) is 29.8. The fourth-order valence-corrected chi connectivity index (χ4v) is 4.38. The molecule has 0 spiro atoms. The van der Waals surface area contributed by atoms with Gasteiger partial charge in [0.2, 0.25) is 5.91 Å². The van der Waals surface area contributed by atoms with Gasteiger partial charge in [0.25, 0.3) is 0 Å². The van der Waals surface area contributed by atoms with E-state index in [0.717, 1.165) is 37.0 Å². The molecule has 0 bridgehead atoms. The third-order valence-corrected chi connectivity index (χ3v) is 6.23. The highest BCUT2D eigenvalue weighted by Gasteiger charge is 2.24. The van der Waals surface area contributed by atoms with Gasteiger partial charge in [-0.2, -0.15) is 0 Å². The van der Waals surface area contributed by atoms with Gasteiger partial charge in [-0.3, -0.25) is 14.3 Å². The van der Waals surface area contributed by atoms with Crippen molar-refractivity contribution in [2.75, 3.05) is 25.0 Å². The molecule has 0 atom stereocenters. The van der Waals surface area contributed by atoms with Gasteiger partial charge in [0.1, 0.15) is 0 Å². The van der Waals surface area contributed by atoms with Crippen molar-refractivity contribution in [1.29, 1.82) is 0 Å². The molecule has 0 saturated carbocycles. The third kappa shape index (κ3) is 4.31. The largest absolute Gasteiger partial charge is 0.326 e. The highest BCUT2D eigenvalue weighted by molar-refractivity contribution is 6.44. The average molecular weight is 454 g/mol. The van der Waals surface area contributed by atoms with Gasteiger partial charge in [0.05, 0.1) is 38.3 Å². The van der Waals surface area contributed by atoms with E-state index in [1.165, 1.54) is 6.07 Å². The number of piperidine rings is 1. The number of H-pyrrole nitrogens is 1. The van der Waals surface area contributed by atoms with Crippen LogP contribution in [-0.2, 0) is 4.79 Å². The van der Waals surface area contributed by atoms with Crippen LogP contribution in [0.4, 0.5) is 5.69 Å². The first-order valence-electron chi connectivity index (χ1n) is 9.28. The molecule has 1 fully saturated rings. The van der Waals surface area contributed by atoms with Crippen molar-refractivity contribution in [3.05, 3.63) is 62.0 Å². The van der Waals surface area contributed by atoms with E-state index < -0.39 is 0 Å². The second-order valence-electron chi connectivity index (χ2n) is 7.12. The summed E-state index contributed by atoms with van der Waals surface area (Å²) in [6.45, 7) is 1.68. The van der Waals surface area contributed by atoms with Crippen LogP contribution in [0.2, 0.25) is 15.1 Å². The molecule has 2 aromatic carbocycles. The van der Waals surface area contributed by atoms with Gasteiger partial charge in [-0.25, -0.2) is 4.79 Å². The number of hydrogen-bond acceptors (Lipinski definition) is 3. The van der Waals surface area contributed by atoms with E-state index >= 15 is 0 Å². The lowest BCUT2D eigenvalue weighted by Gasteiger charge is -2.32. The molecule has 1 aliphatic heterocycles. The van der Waals surface area contributed by atoms with Gasteiger partial charge in [0.15, 0.2) is 0 Å². The number of nitrogens with zero attached hydrogens (tertiary/aromatic N) is 2. The fraction of sp³-hybridized carbons (Fsp3) is 0.300. The van der Waals surface area contributed by atoms with Gasteiger partial charge >= 0.3 is 5.69 Å². The highest BCUT2D eigenvalue weighted by Crippen LogP contribution is 2.32. The lowest BCUT2D eigenvalue weighted by Crippen LogP contribution is -2.41. The molecule has 1 aromatic heterocycles. The van der Waals surface area contributed by atoms with E-state index in [0.29, 0.717) is 20.8 Å². The second-order valence-corrected chi connectivity index (χ2v) is 8.34. The zero-order valence-electron chi connectivity index (χ0n) is 15.4. The minimum atomic E-state index is -0.173. The van der Waals surface area contributed by atoms with Crippen molar-refractivity contribution in [1.82, 2.24) is 14.5 Å². The summed E-state index contributed by atoms with van der Waals surface area (Å²) in [5.41, 5.74) is 2.11. The van der Waals surface area contributed by atoms with Crippen molar-refractivity contribution >= 4 is 57.4 Å². The van der Waals surface area contributed by atoms with E-state index in [-0.39, 0.29) is 24.2 Å². The van der Waals surface area contributed by atoms with Gasteiger partial charge in [0, 0.05) is 19.1 Å². The Bertz CT molecular complexity index is 1120. The van der Waals surface area contributed by atoms with Crippen LogP contribution in [0.1, 0.15) is 18.9 Å². The van der Waals surface area contributed by atoms with E-state index in [1.54, 1.807) is 6.07 Å². The predicted molar refractivity (Wildman–Crippen MR) is 117 cm³/mol. The number of aromatic amines is 1. The van der Waals surface area contributed by atoms with Crippen molar-refractivity contribution in [3.63, 3.8) is 0 Å². The number of imidazole rings is 1. The van der Waals surface area contributed by atoms with Gasteiger partial charge in [-0.1, -0.05) is 46.9 Å². The fourth-order valence-electron chi connectivity index (χ4n) is 3.78. The lowest BCUT2D eigenvalue weighted by atomic mass is 10.0. The molecule has 2 heterocycles. The normalized spacial score (nSPS) is 15.7. The molecule has 4 rings (SSSR count). The van der Waals surface area contributed by atoms with Crippen molar-refractivity contribution < 1.29 is 4.79 Å². The monoisotopic (exact) mass is 452 g/mol. The molecule has 1 aliphatic rings. The number of fused-ring (bicyclic) bond motifs is 1. The molecule has 1 amide bonds. The molecule has 2 N–H and O–H groups in total. The third-order valence-electron chi connectivity index (χ3n) is 5.20. The number of para-hydroxylation sites is 2. The first kappa shape index (κ1) is 20.3. The summed E-state index contributed by atoms with van der Waals surface area (Å²) < 4.78 is 1.84. The smallest absolute Gasteiger partial charge is 0.324 e. The minimum Gasteiger partial charge on any atom is -0.324 e. The summed E-state index contributed by atoms with van der Waals surface area (Å²) in [6.07, 6.45) is 1.59. The van der Waals surface area contributed by atoms with E-state index in [9.17, 15) is 9.59 Å². The van der Waals surface area contributed by atoms with Crippen molar-refractivity contribution in [2.45, 2.75) is 18.9 Å². The van der Waals surface area contributed by atoms with Crippen LogP contribution in [-0.4, -0.2) is 40.0 Å². The summed E-state index contributed by atoms with van der Waals surface area (Å²) >= 11 is 18.0.